The zero-order valence-corrected chi connectivity index (χ0v) is 19.1. The molecule has 5 nitrogen and oxygen atoms in total. The van der Waals surface area contributed by atoms with Gasteiger partial charge in [0.05, 0.1) is 16.4 Å². The molecule has 2 heterocycles. The average Bonchev–Trinajstić information content (AvgIpc) is 3.10. The van der Waals surface area contributed by atoms with E-state index < -0.39 is 11.7 Å². The Kier molecular flexibility index (Phi) is 6.37. The maximum Gasteiger partial charge on any atom is 0.296 e. The number of aromatic nitrogens is 2. The molecule has 31 heavy (non-hydrogen) atoms. The highest BCUT2D eigenvalue weighted by molar-refractivity contribution is 6.42. The highest BCUT2D eigenvalue weighted by atomic mass is 35.5. The monoisotopic (exact) mass is 475 g/mol. The van der Waals surface area contributed by atoms with Crippen molar-refractivity contribution < 1.29 is 9.59 Å². The summed E-state index contributed by atoms with van der Waals surface area (Å²) in [5, 5.41) is 6.00. The van der Waals surface area contributed by atoms with Crippen LogP contribution in [0.5, 0.6) is 0 Å². The summed E-state index contributed by atoms with van der Waals surface area (Å²) in [4.78, 5) is 27.6. The van der Waals surface area contributed by atoms with Crippen LogP contribution in [0, 0.1) is 6.92 Å². The van der Waals surface area contributed by atoms with E-state index in [1.807, 2.05) is 12.1 Å². The van der Waals surface area contributed by atoms with Crippen LogP contribution in [0.4, 0.5) is 0 Å². The smallest absolute Gasteiger partial charge is 0.296 e. The zero-order valence-electron chi connectivity index (χ0n) is 16.9. The van der Waals surface area contributed by atoms with Gasteiger partial charge in [-0.25, -0.2) is 4.68 Å². The molecule has 0 bridgehead atoms. The second-order valence-electron chi connectivity index (χ2n) is 7.52. The van der Waals surface area contributed by atoms with E-state index in [0.29, 0.717) is 45.1 Å². The summed E-state index contributed by atoms with van der Waals surface area (Å²) in [5.41, 5.74) is 2.74. The summed E-state index contributed by atoms with van der Waals surface area (Å²) in [5.74, 6) is -1.13. The van der Waals surface area contributed by atoms with Crippen LogP contribution in [0.25, 0.3) is 16.9 Å². The lowest BCUT2D eigenvalue weighted by molar-refractivity contribution is -0.127. The van der Waals surface area contributed by atoms with Gasteiger partial charge in [-0.1, -0.05) is 46.9 Å². The Hall–Kier alpha value is -2.34. The predicted octanol–water partition coefficient (Wildman–Crippen LogP) is 6.00. The standard InChI is InChI=1S/C23H20Cl3N3O2/c1-14-20(22(30)23(31)28-11-3-2-4-12-28)27-29(19-10-9-17(25)13-18(19)26)21(14)15-5-7-16(24)8-6-15/h5-10,13H,2-4,11-12H2,1H3. The number of nitrogens with zero attached hydrogens (tertiary/aromatic N) is 3. The highest BCUT2D eigenvalue weighted by Crippen LogP contribution is 2.33. The molecule has 0 N–H and O–H groups in total. The molecule has 0 spiro atoms. The van der Waals surface area contributed by atoms with E-state index in [0.717, 1.165) is 24.8 Å². The molecule has 0 saturated carbocycles. The van der Waals surface area contributed by atoms with E-state index >= 15 is 0 Å². The third-order valence-electron chi connectivity index (χ3n) is 5.43. The lowest BCUT2D eigenvalue weighted by Gasteiger charge is -2.25. The summed E-state index contributed by atoms with van der Waals surface area (Å²) >= 11 is 18.6. The minimum atomic E-state index is -0.613. The Morgan fingerprint density at radius 2 is 1.55 bits per heavy atom. The number of Topliss-reactive ketones (excluding diaryl/α,β-unsaturated/α-hetero) is 1. The van der Waals surface area contributed by atoms with Crippen LogP contribution in [-0.2, 0) is 4.79 Å². The van der Waals surface area contributed by atoms with Gasteiger partial charge in [-0.15, -0.1) is 0 Å². The van der Waals surface area contributed by atoms with Gasteiger partial charge in [-0.05, 0) is 56.5 Å². The molecule has 0 unspecified atom stereocenters. The van der Waals surface area contributed by atoms with Gasteiger partial charge in [-0.3, -0.25) is 9.59 Å². The normalized spacial score (nSPS) is 14.0. The van der Waals surface area contributed by atoms with Crippen molar-refractivity contribution in [2.75, 3.05) is 13.1 Å². The first-order chi connectivity index (χ1) is 14.9. The second-order valence-corrected chi connectivity index (χ2v) is 8.80. The zero-order chi connectivity index (χ0) is 22.1. The van der Waals surface area contributed by atoms with Crippen LogP contribution in [0.2, 0.25) is 15.1 Å². The molecule has 1 aliphatic rings. The van der Waals surface area contributed by atoms with Crippen molar-refractivity contribution in [2.24, 2.45) is 0 Å². The first-order valence-corrected chi connectivity index (χ1v) is 11.1. The quantitative estimate of drug-likeness (QED) is 0.342. The van der Waals surface area contributed by atoms with Gasteiger partial charge >= 0.3 is 0 Å². The summed E-state index contributed by atoms with van der Waals surface area (Å²) in [6, 6.07) is 12.3. The molecule has 4 rings (SSSR count). The molecule has 0 aliphatic carbocycles. The van der Waals surface area contributed by atoms with Gasteiger partial charge < -0.3 is 4.90 Å². The lowest BCUT2D eigenvalue weighted by atomic mass is 10.0. The fraction of sp³-hybridized carbons (Fsp3) is 0.261. The van der Waals surface area contributed by atoms with Gasteiger partial charge in [0.2, 0.25) is 0 Å². The van der Waals surface area contributed by atoms with Crippen molar-refractivity contribution in [2.45, 2.75) is 26.2 Å². The largest absolute Gasteiger partial charge is 0.336 e. The van der Waals surface area contributed by atoms with E-state index in [4.69, 9.17) is 34.8 Å². The Bertz CT molecular complexity index is 1150. The number of rotatable bonds is 4. The molecule has 1 aromatic heterocycles. The van der Waals surface area contributed by atoms with Crippen molar-refractivity contribution in [3.05, 3.63) is 68.8 Å². The average molecular weight is 477 g/mol. The SMILES string of the molecule is Cc1c(C(=O)C(=O)N2CCCCC2)nn(-c2ccc(Cl)cc2Cl)c1-c1ccc(Cl)cc1. The molecule has 1 saturated heterocycles. The third kappa shape index (κ3) is 4.36. The molecule has 160 valence electrons. The molecular weight excluding hydrogens is 457 g/mol. The minimum absolute atomic E-state index is 0.117. The van der Waals surface area contributed by atoms with Crippen LogP contribution in [0.3, 0.4) is 0 Å². The van der Waals surface area contributed by atoms with Crippen LogP contribution in [0.15, 0.2) is 42.5 Å². The summed E-state index contributed by atoms with van der Waals surface area (Å²) in [6.45, 7) is 2.97. The first kappa shape index (κ1) is 21.9. The molecule has 1 amide bonds. The molecular formula is C23H20Cl3N3O2. The van der Waals surface area contributed by atoms with Crippen molar-refractivity contribution >= 4 is 46.5 Å². The highest BCUT2D eigenvalue weighted by Gasteiger charge is 2.30. The number of likely N-dealkylation sites (tertiary alicyclic amines) is 1. The molecule has 2 aromatic carbocycles. The summed E-state index contributed by atoms with van der Waals surface area (Å²) in [7, 11) is 0. The van der Waals surface area contributed by atoms with Gasteiger partial charge in [0.15, 0.2) is 0 Å². The number of carbonyl (C=O) groups is 2. The van der Waals surface area contributed by atoms with E-state index in [2.05, 4.69) is 5.10 Å². The first-order valence-electron chi connectivity index (χ1n) is 10.0. The van der Waals surface area contributed by atoms with Crippen molar-refractivity contribution in [1.82, 2.24) is 14.7 Å². The summed E-state index contributed by atoms with van der Waals surface area (Å²) < 4.78 is 1.59. The van der Waals surface area contributed by atoms with Crippen molar-refractivity contribution in [3.63, 3.8) is 0 Å². The van der Waals surface area contributed by atoms with E-state index in [1.54, 1.807) is 46.8 Å². The van der Waals surface area contributed by atoms with Crippen molar-refractivity contribution in [1.29, 1.82) is 0 Å². The van der Waals surface area contributed by atoms with Crippen molar-refractivity contribution in [3.8, 4) is 16.9 Å². The number of hydrogen-bond donors (Lipinski definition) is 0. The number of carbonyl (C=O) groups excluding carboxylic acids is 2. The van der Waals surface area contributed by atoms with E-state index in [1.165, 1.54) is 0 Å². The molecule has 8 heteroatoms. The van der Waals surface area contributed by atoms with Crippen LogP contribution in [-0.4, -0.2) is 39.5 Å². The predicted molar refractivity (Wildman–Crippen MR) is 124 cm³/mol. The lowest BCUT2D eigenvalue weighted by Crippen LogP contribution is -2.40. The van der Waals surface area contributed by atoms with Crippen LogP contribution < -0.4 is 0 Å². The maximum atomic E-state index is 13.1. The maximum absolute atomic E-state index is 13.1. The molecule has 0 radical (unpaired) electrons. The number of piperidine rings is 1. The van der Waals surface area contributed by atoms with Gasteiger partial charge in [0, 0.05) is 34.3 Å². The minimum Gasteiger partial charge on any atom is -0.336 e. The van der Waals surface area contributed by atoms with Crippen LogP contribution >= 0.6 is 34.8 Å². The molecule has 1 aliphatic heterocycles. The number of ketones is 1. The molecule has 0 atom stereocenters. The fourth-order valence-corrected chi connectivity index (χ4v) is 4.44. The molecule has 1 fully saturated rings. The van der Waals surface area contributed by atoms with Gasteiger partial charge in [-0.2, -0.15) is 5.10 Å². The fourth-order valence-electron chi connectivity index (χ4n) is 3.83. The van der Waals surface area contributed by atoms with E-state index in [-0.39, 0.29) is 5.69 Å². The van der Waals surface area contributed by atoms with E-state index in [9.17, 15) is 9.59 Å². The Morgan fingerprint density at radius 3 is 2.19 bits per heavy atom. The molecule has 3 aromatic rings. The Labute approximate surface area is 195 Å². The number of amides is 1. The van der Waals surface area contributed by atoms with Crippen LogP contribution in [0.1, 0.15) is 35.3 Å². The summed E-state index contributed by atoms with van der Waals surface area (Å²) in [6.07, 6.45) is 2.88. The number of benzene rings is 2. The van der Waals surface area contributed by atoms with Gasteiger partial charge in [0.1, 0.15) is 5.69 Å². The van der Waals surface area contributed by atoms with Gasteiger partial charge in [0.25, 0.3) is 11.7 Å². The number of hydrogen-bond acceptors (Lipinski definition) is 3. The topological polar surface area (TPSA) is 55.2 Å². The Morgan fingerprint density at radius 1 is 0.903 bits per heavy atom. The second kappa shape index (κ2) is 9.03. The third-order valence-corrected chi connectivity index (χ3v) is 6.22. The number of halogens is 3. The Balaban J connectivity index is 1.84.